The molecule has 1 aliphatic rings. The van der Waals surface area contributed by atoms with E-state index in [2.05, 4.69) is 133 Å². The van der Waals surface area contributed by atoms with Crippen LogP contribution in [-0.2, 0) is 5.41 Å². The molecule has 164 valence electrons. The van der Waals surface area contributed by atoms with Gasteiger partial charge in [0.15, 0.2) is 11.6 Å². The van der Waals surface area contributed by atoms with E-state index in [1.54, 1.807) is 0 Å². The highest BCUT2D eigenvalue weighted by molar-refractivity contribution is 5.69. The fourth-order valence-electron chi connectivity index (χ4n) is 4.32. The van der Waals surface area contributed by atoms with Crippen molar-refractivity contribution in [2.75, 3.05) is 0 Å². The van der Waals surface area contributed by atoms with Gasteiger partial charge < -0.3 is 0 Å². The van der Waals surface area contributed by atoms with Crippen LogP contribution in [0.4, 0.5) is 0 Å². The summed E-state index contributed by atoms with van der Waals surface area (Å²) in [6.45, 7) is 6.71. The molecule has 1 unspecified atom stereocenters. The molecule has 3 nitrogen and oxygen atoms in total. The minimum atomic E-state index is 0.120. The zero-order chi connectivity index (χ0) is 22.8. The molecule has 3 aromatic carbocycles. The highest BCUT2D eigenvalue weighted by Crippen LogP contribution is 2.33. The summed E-state index contributed by atoms with van der Waals surface area (Å²) in [6.07, 6.45) is 9.59. The van der Waals surface area contributed by atoms with E-state index in [9.17, 15) is 0 Å². The molecule has 1 aromatic heterocycles. The molecule has 0 N–H and O–H groups in total. The summed E-state index contributed by atoms with van der Waals surface area (Å²) in [6, 6.07) is 28.0. The molecule has 4 aromatic rings. The maximum absolute atomic E-state index is 4.67. The number of benzene rings is 3. The Kier molecular flexibility index (Phi) is 5.55. The molecule has 0 fully saturated rings. The van der Waals surface area contributed by atoms with Gasteiger partial charge >= 0.3 is 0 Å². The van der Waals surface area contributed by atoms with Crippen molar-refractivity contribution >= 4 is 0 Å². The second kappa shape index (κ2) is 8.67. The van der Waals surface area contributed by atoms with Crippen molar-refractivity contribution in [3.8, 4) is 33.9 Å². The molecule has 1 atom stereocenters. The van der Waals surface area contributed by atoms with E-state index in [-0.39, 0.29) is 11.5 Å². The van der Waals surface area contributed by atoms with Gasteiger partial charge in [0.2, 0.25) is 0 Å². The first-order valence-corrected chi connectivity index (χ1v) is 11.6. The first-order valence-electron chi connectivity index (χ1n) is 11.6. The van der Waals surface area contributed by atoms with E-state index < -0.39 is 0 Å². The minimum absolute atomic E-state index is 0.120. The predicted octanol–water partition coefficient (Wildman–Crippen LogP) is 7.63. The van der Waals surface area contributed by atoms with E-state index in [1.165, 1.54) is 16.7 Å². The average Bonchev–Trinajstić information content (AvgIpc) is 3.30. The summed E-state index contributed by atoms with van der Waals surface area (Å²) >= 11 is 0. The highest BCUT2D eigenvalue weighted by Gasteiger charge is 2.22. The Bertz CT molecular complexity index is 1290. The monoisotopic (exact) mass is 431 g/mol. The zero-order valence-corrected chi connectivity index (χ0v) is 19.4. The van der Waals surface area contributed by atoms with Crippen molar-refractivity contribution in [3.05, 3.63) is 109 Å². The molecule has 1 aliphatic carbocycles. The number of nitrogens with zero attached hydrogens (tertiary/aromatic N) is 3. The maximum Gasteiger partial charge on any atom is 0.164 e. The van der Waals surface area contributed by atoms with Crippen LogP contribution in [0, 0.1) is 0 Å². The lowest BCUT2D eigenvalue weighted by molar-refractivity contribution is 0.590. The average molecular weight is 432 g/mol. The largest absolute Gasteiger partial charge is 0.300 e. The fourth-order valence-corrected chi connectivity index (χ4v) is 4.32. The van der Waals surface area contributed by atoms with Crippen molar-refractivity contribution in [1.82, 2.24) is 14.8 Å². The van der Waals surface area contributed by atoms with Crippen LogP contribution in [0.5, 0.6) is 0 Å². The second-order valence-corrected chi connectivity index (χ2v) is 9.60. The third-order valence-corrected chi connectivity index (χ3v) is 6.24. The standard InChI is InChI=1S/C30H29N3/c1-30(2,3)26-20-18-25(19-21-26)29-32-31-28(33(29)27-12-8-5-9-13-27)24-16-14-23(15-17-24)22-10-6-4-7-11-22/h4-12,14-21,27H,13H2,1-3H3. The molecule has 0 aliphatic heterocycles. The van der Waals surface area contributed by atoms with Gasteiger partial charge in [0.05, 0.1) is 6.04 Å². The summed E-state index contributed by atoms with van der Waals surface area (Å²) in [5.41, 5.74) is 6.01. The third kappa shape index (κ3) is 4.31. The smallest absolute Gasteiger partial charge is 0.164 e. The Morgan fingerprint density at radius 1 is 0.667 bits per heavy atom. The quantitative estimate of drug-likeness (QED) is 0.332. The first-order chi connectivity index (χ1) is 16.0. The predicted molar refractivity (Wildman–Crippen MR) is 137 cm³/mol. The number of rotatable bonds is 4. The Morgan fingerprint density at radius 3 is 1.76 bits per heavy atom. The summed E-state index contributed by atoms with van der Waals surface area (Å²) < 4.78 is 2.28. The number of aromatic nitrogens is 3. The van der Waals surface area contributed by atoms with E-state index >= 15 is 0 Å². The molecule has 3 heteroatoms. The van der Waals surface area contributed by atoms with Gasteiger partial charge in [-0.3, -0.25) is 4.57 Å². The Morgan fingerprint density at radius 2 is 1.21 bits per heavy atom. The van der Waals surface area contributed by atoms with E-state index in [0.717, 1.165) is 29.2 Å². The van der Waals surface area contributed by atoms with Crippen LogP contribution in [0.1, 0.15) is 38.8 Å². The van der Waals surface area contributed by atoms with Crippen LogP contribution in [0.3, 0.4) is 0 Å². The lowest BCUT2D eigenvalue weighted by atomic mass is 9.86. The Hall–Kier alpha value is -3.72. The lowest BCUT2D eigenvalue weighted by Gasteiger charge is -2.21. The molecule has 0 radical (unpaired) electrons. The molecule has 0 bridgehead atoms. The van der Waals surface area contributed by atoms with Gasteiger partial charge in [0.1, 0.15) is 0 Å². The summed E-state index contributed by atoms with van der Waals surface area (Å²) in [5, 5.41) is 9.33. The summed E-state index contributed by atoms with van der Waals surface area (Å²) in [7, 11) is 0. The van der Waals surface area contributed by atoms with Crippen molar-refractivity contribution in [1.29, 1.82) is 0 Å². The Balaban J connectivity index is 1.56. The zero-order valence-electron chi connectivity index (χ0n) is 19.4. The first kappa shape index (κ1) is 21.1. The van der Waals surface area contributed by atoms with Gasteiger partial charge in [-0.05, 0) is 28.5 Å². The molecular formula is C30H29N3. The van der Waals surface area contributed by atoms with Crippen LogP contribution in [-0.4, -0.2) is 14.8 Å². The van der Waals surface area contributed by atoms with Crippen LogP contribution in [0.2, 0.25) is 0 Å². The maximum atomic E-state index is 4.67. The van der Waals surface area contributed by atoms with Crippen LogP contribution in [0.25, 0.3) is 33.9 Å². The molecule has 0 spiro atoms. The molecule has 0 amide bonds. The van der Waals surface area contributed by atoms with Gasteiger partial charge in [-0.2, -0.15) is 0 Å². The summed E-state index contributed by atoms with van der Waals surface area (Å²) in [4.78, 5) is 0. The van der Waals surface area contributed by atoms with Crippen molar-refractivity contribution in [2.45, 2.75) is 38.6 Å². The van der Waals surface area contributed by atoms with Crippen LogP contribution >= 0.6 is 0 Å². The SMILES string of the molecule is CC(C)(C)c1ccc(-c2nnc(-c3ccc(-c4ccccc4)cc3)n2C2C=CC=CC2)cc1. The van der Waals surface area contributed by atoms with E-state index in [0.29, 0.717) is 0 Å². The minimum Gasteiger partial charge on any atom is -0.300 e. The van der Waals surface area contributed by atoms with Crippen molar-refractivity contribution in [2.24, 2.45) is 0 Å². The van der Waals surface area contributed by atoms with Gasteiger partial charge in [-0.25, -0.2) is 0 Å². The van der Waals surface area contributed by atoms with Gasteiger partial charge in [-0.1, -0.05) is 124 Å². The molecule has 0 saturated carbocycles. The molecule has 1 heterocycles. The van der Waals surface area contributed by atoms with E-state index in [1.807, 2.05) is 6.07 Å². The number of hydrogen-bond acceptors (Lipinski definition) is 2. The number of hydrogen-bond donors (Lipinski definition) is 0. The van der Waals surface area contributed by atoms with Gasteiger partial charge in [0.25, 0.3) is 0 Å². The number of allylic oxidation sites excluding steroid dienone is 4. The lowest BCUT2D eigenvalue weighted by Crippen LogP contribution is -2.12. The van der Waals surface area contributed by atoms with Gasteiger partial charge in [-0.15, -0.1) is 10.2 Å². The molecule has 5 rings (SSSR count). The molecular weight excluding hydrogens is 402 g/mol. The highest BCUT2D eigenvalue weighted by atomic mass is 15.3. The normalized spacial score (nSPS) is 15.7. The van der Waals surface area contributed by atoms with Crippen LogP contribution in [0.15, 0.2) is 103 Å². The van der Waals surface area contributed by atoms with Gasteiger partial charge in [0, 0.05) is 11.1 Å². The second-order valence-electron chi connectivity index (χ2n) is 9.60. The Labute approximate surface area is 196 Å². The fraction of sp³-hybridized carbons (Fsp3) is 0.200. The van der Waals surface area contributed by atoms with Crippen molar-refractivity contribution in [3.63, 3.8) is 0 Å². The topological polar surface area (TPSA) is 30.7 Å². The molecule has 0 saturated heterocycles. The van der Waals surface area contributed by atoms with Crippen LogP contribution < -0.4 is 0 Å². The summed E-state index contributed by atoms with van der Waals surface area (Å²) in [5.74, 6) is 1.80. The third-order valence-electron chi connectivity index (χ3n) is 6.24. The van der Waals surface area contributed by atoms with E-state index in [4.69, 9.17) is 0 Å². The molecule has 33 heavy (non-hydrogen) atoms. The van der Waals surface area contributed by atoms with Crippen molar-refractivity contribution < 1.29 is 0 Å².